The van der Waals surface area contributed by atoms with Crippen LogP contribution in [0.1, 0.15) is 49.9 Å². The minimum absolute atomic E-state index is 0.527. The Morgan fingerprint density at radius 3 is 2.52 bits per heavy atom. The highest BCUT2D eigenvalue weighted by atomic mass is 16.5. The molecule has 0 spiro atoms. The second kappa shape index (κ2) is 8.70. The minimum Gasteiger partial charge on any atom is -0.496 e. The van der Waals surface area contributed by atoms with Gasteiger partial charge in [-0.25, -0.2) is 9.97 Å². The van der Waals surface area contributed by atoms with Crippen LogP contribution in [0, 0.1) is 6.92 Å². The maximum absolute atomic E-state index is 5.41. The molecule has 0 amide bonds. The van der Waals surface area contributed by atoms with Crippen molar-refractivity contribution < 1.29 is 4.74 Å². The van der Waals surface area contributed by atoms with Crippen LogP contribution < -0.4 is 15.4 Å². The van der Waals surface area contributed by atoms with E-state index in [9.17, 15) is 0 Å². The summed E-state index contributed by atoms with van der Waals surface area (Å²) in [7, 11) is 1.70. The van der Waals surface area contributed by atoms with Gasteiger partial charge >= 0.3 is 0 Å². The average Bonchev–Trinajstić information content (AvgIpc) is 2.88. The monoisotopic (exact) mass is 340 g/mol. The number of nitrogens with zero attached hydrogens (tertiary/aromatic N) is 2. The third-order valence-corrected chi connectivity index (χ3v) is 4.70. The molecule has 134 valence electrons. The lowest BCUT2D eigenvalue weighted by molar-refractivity contribution is 0.410. The van der Waals surface area contributed by atoms with E-state index in [4.69, 9.17) is 4.74 Å². The first-order valence-corrected chi connectivity index (χ1v) is 9.22. The van der Waals surface area contributed by atoms with Gasteiger partial charge in [0.2, 0.25) is 0 Å². The Bertz CT molecular complexity index is 681. The molecule has 0 radical (unpaired) electrons. The van der Waals surface area contributed by atoms with Crippen LogP contribution in [-0.4, -0.2) is 23.1 Å². The SMILES string of the molecule is COc1ccccc1CNc1cc(NC2CCCCCC2)nc(C)n1. The molecule has 1 aromatic carbocycles. The molecule has 0 bridgehead atoms. The number of hydrogen-bond acceptors (Lipinski definition) is 5. The maximum atomic E-state index is 5.41. The molecule has 2 aromatic rings. The summed E-state index contributed by atoms with van der Waals surface area (Å²) in [5.74, 6) is 3.43. The van der Waals surface area contributed by atoms with E-state index in [2.05, 4.69) is 26.7 Å². The number of aryl methyl sites for hydroxylation is 1. The topological polar surface area (TPSA) is 59.1 Å². The van der Waals surface area contributed by atoms with Gasteiger partial charge in [0.25, 0.3) is 0 Å². The van der Waals surface area contributed by atoms with Crippen LogP contribution in [0.3, 0.4) is 0 Å². The van der Waals surface area contributed by atoms with Gasteiger partial charge in [0.05, 0.1) is 7.11 Å². The van der Waals surface area contributed by atoms with Gasteiger partial charge in [-0.1, -0.05) is 43.9 Å². The van der Waals surface area contributed by atoms with Crippen LogP contribution in [0.2, 0.25) is 0 Å². The van der Waals surface area contributed by atoms with E-state index in [0.717, 1.165) is 28.8 Å². The first kappa shape index (κ1) is 17.5. The normalized spacial score (nSPS) is 15.4. The number of rotatable bonds is 6. The molecule has 1 fully saturated rings. The van der Waals surface area contributed by atoms with Gasteiger partial charge < -0.3 is 15.4 Å². The van der Waals surface area contributed by atoms with Crippen molar-refractivity contribution in [2.45, 2.75) is 58.0 Å². The van der Waals surface area contributed by atoms with Crippen molar-refractivity contribution in [2.75, 3.05) is 17.7 Å². The quantitative estimate of drug-likeness (QED) is 0.756. The van der Waals surface area contributed by atoms with E-state index in [1.165, 1.54) is 38.5 Å². The molecule has 1 saturated carbocycles. The van der Waals surface area contributed by atoms with Crippen molar-refractivity contribution >= 4 is 11.6 Å². The first-order valence-electron chi connectivity index (χ1n) is 9.22. The summed E-state index contributed by atoms with van der Waals surface area (Å²) in [6.45, 7) is 2.61. The second-order valence-electron chi connectivity index (χ2n) is 6.68. The Labute approximate surface area is 150 Å². The Kier molecular flexibility index (Phi) is 6.09. The summed E-state index contributed by atoms with van der Waals surface area (Å²) < 4.78 is 5.41. The Hall–Kier alpha value is -2.30. The summed E-state index contributed by atoms with van der Waals surface area (Å²) in [4.78, 5) is 9.07. The second-order valence-corrected chi connectivity index (χ2v) is 6.68. The van der Waals surface area contributed by atoms with E-state index in [1.54, 1.807) is 7.11 Å². The molecule has 1 aliphatic carbocycles. The number of ether oxygens (including phenoxy) is 1. The van der Waals surface area contributed by atoms with Gasteiger partial charge in [0.15, 0.2) is 0 Å². The standard InChI is InChI=1S/C20H28N4O/c1-15-22-19(21-14-16-9-7-8-12-18(16)25-2)13-20(23-15)24-17-10-5-3-4-6-11-17/h7-9,12-13,17H,3-6,10-11,14H2,1-2H3,(H2,21,22,23,24). The lowest BCUT2D eigenvalue weighted by Gasteiger charge is -2.18. The highest BCUT2D eigenvalue weighted by molar-refractivity contribution is 5.49. The zero-order valence-electron chi connectivity index (χ0n) is 15.2. The number of para-hydroxylation sites is 1. The molecule has 0 saturated heterocycles. The third-order valence-electron chi connectivity index (χ3n) is 4.70. The summed E-state index contributed by atoms with van der Waals surface area (Å²) >= 11 is 0. The van der Waals surface area contributed by atoms with Crippen molar-refractivity contribution in [3.63, 3.8) is 0 Å². The van der Waals surface area contributed by atoms with Gasteiger partial charge in [0, 0.05) is 24.2 Å². The highest BCUT2D eigenvalue weighted by Gasteiger charge is 2.13. The van der Waals surface area contributed by atoms with Gasteiger partial charge in [0.1, 0.15) is 23.2 Å². The number of benzene rings is 1. The fraction of sp³-hybridized carbons (Fsp3) is 0.500. The predicted molar refractivity (Wildman–Crippen MR) is 102 cm³/mol. The van der Waals surface area contributed by atoms with Crippen LogP contribution >= 0.6 is 0 Å². The van der Waals surface area contributed by atoms with Gasteiger partial charge in [-0.2, -0.15) is 0 Å². The number of anilines is 2. The molecule has 1 heterocycles. The number of aromatic nitrogens is 2. The Morgan fingerprint density at radius 2 is 1.76 bits per heavy atom. The van der Waals surface area contributed by atoms with Crippen molar-refractivity contribution in [1.29, 1.82) is 0 Å². The van der Waals surface area contributed by atoms with E-state index in [0.29, 0.717) is 12.6 Å². The Balaban J connectivity index is 1.66. The van der Waals surface area contributed by atoms with Crippen LogP contribution in [0.5, 0.6) is 5.75 Å². The van der Waals surface area contributed by atoms with Gasteiger partial charge in [-0.05, 0) is 25.8 Å². The summed E-state index contributed by atoms with van der Waals surface area (Å²) in [6.07, 6.45) is 7.78. The van der Waals surface area contributed by atoms with Crippen molar-refractivity contribution in [3.8, 4) is 5.75 Å². The summed E-state index contributed by atoms with van der Waals surface area (Å²) in [5.41, 5.74) is 1.11. The molecule has 0 atom stereocenters. The van der Waals surface area contributed by atoms with Gasteiger partial charge in [-0.15, -0.1) is 0 Å². The van der Waals surface area contributed by atoms with E-state index in [1.807, 2.05) is 31.2 Å². The largest absolute Gasteiger partial charge is 0.496 e. The average molecular weight is 340 g/mol. The lowest BCUT2D eigenvalue weighted by atomic mass is 10.1. The number of methoxy groups -OCH3 is 1. The molecule has 0 aliphatic heterocycles. The fourth-order valence-corrected chi connectivity index (χ4v) is 3.40. The van der Waals surface area contributed by atoms with E-state index in [-0.39, 0.29) is 0 Å². The highest BCUT2D eigenvalue weighted by Crippen LogP contribution is 2.22. The van der Waals surface area contributed by atoms with Crippen LogP contribution in [0.4, 0.5) is 11.6 Å². The molecule has 5 nitrogen and oxygen atoms in total. The van der Waals surface area contributed by atoms with Crippen LogP contribution in [-0.2, 0) is 6.54 Å². The minimum atomic E-state index is 0.527. The molecule has 1 aromatic heterocycles. The van der Waals surface area contributed by atoms with Crippen molar-refractivity contribution in [3.05, 3.63) is 41.7 Å². The van der Waals surface area contributed by atoms with Crippen molar-refractivity contribution in [2.24, 2.45) is 0 Å². The molecule has 5 heteroatoms. The molecule has 3 rings (SSSR count). The first-order chi connectivity index (χ1) is 12.2. The number of nitrogens with one attached hydrogen (secondary N) is 2. The lowest BCUT2D eigenvalue weighted by Crippen LogP contribution is -2.19. The van der Waals surface area contributed by atoms with E-state index < -0.39 is 0 Å². The zero-order valence-corrected chi connectivity index (χ0v) is 15.2. The fourth-order valence-electron chi connectivity index (χ4n) is 3.40. The summed E-state index contributed by atoms with van der Waals surface area (Å²) in [6, 6.07) is 10.6. The maximum Gasteiger partial charge on any atom is 0.132 e. The smallest absolute Gasteiger partial charge is 0.132 e. The molecular formula is C20H28N4O. The summed E-state index contributed by atoms with van der Waals surface area (Å²) in [5, 5.41) is 7.00. The van der Waals surface area contributed by atoms with Crippen LogP contribution in [0.15, 0.2) is 30.3 Å². The zero-order chi connectivity index (χ0) is 17.5. The third kappa shape index (κ3) is 5.08. The molecule has 2 N–H and O–H groups in total. The molecule has 0 unspecified atom stereocenters. The van der Waals surface area contributed by atoms with Gasteiger partial charge in [-0.3, -0.25) is 0 Å². The van der Waals surface area contributed by atoms with E-state index >= 15 is 0 Å². The predicted octanol–water partition coefficient (Wildman–Crippen LogP) is 4.54. The molecule has 1 aliphatic rings. The number of hydrogen-bond donors (Lipinski definition) is 2. The van der Waals surface area contributed by atoms with Crippen LogP contribution in [0.25, 0.3) is 0 Å². The molecular weight excluding hydrogens is 312 g/mol. The Morgan fingerprint density at radius 1 is 1.04 bits per heavy atom. The molecule has 25 heavy (non-hydrogen) atoms. The van der Waals surface area contributed by atoms with Crippen molar-refractivity contribution in [1.82, 2.24) is 9.97 Å².